The molecule has 1 aliphatic heterocycles. The van der Waals surface area contributed by atoms with E-state index in [-0.39, 0.29) is 41.8 Å². The number of carbonyl (C=O) groups excluding carboxylic acids is 2. The lowest BCUT2D eigenvalue weighted by atomic mass is 9.96. The maximum atomic E-state index is 13.7. The summed E-state index contributed by atoms with van der Waals surface area (Å²) in [6, 6.07) is 9.41. The van der Waals surface area contributed by atoms with Crippen molar-refractivity contribution in [1.29, 1.82) is 0 Å². The SMILES string of the molecule is C[C@H](CO)N1C[C@H](C)[C@H](CN(C)Cc2ccc(C(F)(F)F)cc2)Oc2c(NC(=O)NC3CCCCC3)cccc2C1=O. The van der Waals surface area contributed by atoms with E-state index in [4.69, 9.17) is 4.74 Å². The Hall–Kier alpha value is -3.31. The third kappa shape index (κ3) is 7.95. The molecule has 1 saturated carbocycles. The number of halogens is 3. The van der Waals surface area contributed by atoms with Crippen LogP contribution < -0.4 is 15.4 Å². The molecule has 3 atom stereocenters. The summed E-state index contributed by atoms with van der Waals surface area (Å²) in [6.07, 6.45) is 0.325. The van der Waals surface area contributed by atoms with Crippen molar-refractivity contribution in [3.8, 4) is 5.75 Å². The number of alkyl halides is 3. The number of urea groups is 1. The van der Waals surface area contributed by atoms with Gasteiger partial charge in [0.2, 0.25) is 0 Å². The Morgan fingerprint density at radius 2 is 1.83 bits per heavy atom. The molecule has 0 radical (unpaired) electrons. The highest BCUT2D eigenvalue weighted by Crippen LogP contribution is 2.35. The zero-order valence-electron chi connectivity index (χ0n) is 24.4. The number of aliphatic hydroxyl groups excluding tert-OH is 1. The molecule has 0 bridgehead atoms. The summed E-state index contributed by atoms with van der Waals surface area (Å²) in [5, 5.41) is 15.8. The predicted octanol–water partition coefficient (Wildman–Crippen LogP) is 5.51. The third-order valence-electron chi connectivity index (χ3n) is 8.11. The van der Waals surface area contributed by atoms with E-state index in [1.54, 1.807) is 30.0 Å². The van der Waals surface area contributed by atoms with Gasteiger partial charge in [-0.25, -0.2) is 4.79 Å². The van der Waals surface area contributed by atoms with Gasteiger partial charge in [-0.05, 0) is 56.6 Å². The lowest BCUT2D eigenvalue weighted by Crippen LogP contribution is -2.50. The number of hydrogen-bond acceptors (Lipinski definition) is 5. The van der Waals surface area contributed by atoms with Crippen LogP contribution in [0, 0.1) is 5.92 Å². The van der Waals surface area contributed by atoms with E-state index >= 15 is 0 Å². The lowest BCUT2D eigenvalue weighted by Gasteiger charge is -2.38. The molecular weight excluding hydrogens is 549 g/mol. The van der Waals surface area contributed by atoms with Gasteiger partial charge in [-0.15, -0.1) is 0 Å². The molecule has 1 heterocycles. The molecule has 0 aromatic heterocycles. The van der Waals surface area contributed by atoms with Crippen molar-refractivity contribution in [2.24, 2.45) is 5.92 Å². The molecule has 230 valence electrons. The van der Waals surface area contributed by atoms with Crippen molar-refractivity contribution in [2.75, 3.05) is 32.1 Å². The molecule has 1 fully saturated rings. The summed E-state index contributed by atoms with van der Waals surface area (Å²) in [5.74, 6) is -0.211. The molecule has 8 nitrogen and oxygen atoms in total. The Kier molecular flexibility index (Phi) is 10.4. The van der Waals surface area contributed by atoms with E-state index in [0.717, 1.165) is 49.8 Å². The van der Waals surface area contributed by atoms with Crippen molar-refractivity contribution in [3.05, 3.63) is 59.2 Å². The number of carbonyl (C=O) groups is 2. The highest BCUT2D eigenvalue weighted by atomic mass is 19.4. The first kappa shape index (κ1) is 31.6. The fourth-order valence-corrected chi connectivity index (χ4v) is 5.63. The minimum Gasteiger partial charge on any atom is -0.486 e. The van der Waals surface area contributed by atoms with Gasteiger partial charge in [-0.3, -0.25) is 9.69 Å². The van der Waals surface area contributed by atoms with Crippen LogP contribution >= 0.6 is 0 Å². The number of hydrogen-bond donors (Lipinski definition) is 3. The van der Waals surface area contributed by atoms with Gasteiger partial charge in [0.1, 0.15) is 6.10 Å². The van der Waals surface area contributed by atoms with Crippen LogP contribution in [0.25, 0.3) is 0 Å². The first-order valence-corrected chi connectivity index (χ1v) is 14.6. The number of amides is 3. The summed E-state index contributed by atoms with van der Waals surface area (Å²) in [4.78, 5) is 30.2. The van der Waals surface area contributed by atoms with Crippen LogP contribution in [-0.4, -0.2) is 71.8 Å². The average molecular weight is 591 g/mol. The van der Waals surface area contributed by atoms with Crippen molar-refractivity contribution < 1.29 is 32.6 Å². The van der Waals surface area contributed by atoms with E-state index in [9.17, 15) is 27.9 Å². The molecule has 2 aromatic rings. The van der Waals surface area contributed by atoms with Gasteiger partial charge >= 0.3 is 12.2 Å². The van der Waals surface area contributed by atoms with Crippen LogP contribution in [0.3, 0.4) is 0 Å². The number of fused-ring (bicyclic) bond motifs is 1. The first-order valence-electron chi connectivity index (χ1n) is 14.6. The molecule has 0 saturated heterocycles. The van der Waals surface area contributed by atoms with Gasteiger partial charge in [-0.1, -0.05) is 44.4 Å². The van der Waals surface area contributed by atoms with Gasteiger partial charge in [0.05, 0.1) is 29.5 Å². The number of rotatable bonds is 8. The Balaban J connectivity index is 1.57. The fraction of sp³-hybridized carbons (Fsp3) is 0.548. The summed E-state index contributed by atoms with van der Waals surface area (Å²) in [7, 11) is 1.86. The predicted molar refractivity (Wildman–Crippen MR) is 154 cm³/mol. The molecule has 11 heteroatoms. The molecule has 2 aromatic carbocycles. The second-order valence-corrected chi connectivity index (χ2v) is 11.6. The van der Waals surface area contributed by atoms with E-state index < -0.39 is 23.9 Å². The fourth-order valence-electron chi connectivity index (χ4n) is 5.63. The van der Waals surface area contributed by atoms with E-state index in [1.165, 1.54) is 12.1 Å². The Labute approximate surface area is 245 Å². The topological polar surface area (TPSA) is 94.1 Å². The zero-order chi connectivity index (χ0) is 30.4. The smallest absolute Gasteiger partial charge is 0.416 e. The Bertz CT molecular complexity index is 1220. The van der Waals surface area contributed by atoms with Gasteiger partial charge in [-0.2, -0.15) is 13.2 Å². The van der Waals surface area contributed by atoms with Crippen LogP contribution in [0.4, 0.5) is 23.7 Å². The van der Waals surface area contributed by atoms with Crippen LogP contribution in [0.1, 0.15) is 67.4 Å². The van der Waals surface area contributed by atoms with Gasteiger partial charge in [0.25, 0.3) is 5.91 Å². The molecular formula is C31H41F3N4O4. The number of para-hydroxylation sites is 1. The van der Waals surface area contributed by atoms with Crippen molar-refractivity contribution in [3.63, 3.8) is 0 Å². The highest BCUT2D eigenvalue weighted by Gasteiger charge is 2.35. The quantitative estimate of drug-likeness (QED) is 0.377. The molecule has 42 heavy (non-hydrogen) atoms. The number of nitrogens with one attached hydrogen (secondary N) is 2. The van der Waals surface area contributed by atoms with E-state index in [1.807, 2.05) is 18.9 Å². The zero-order valence-corrected chi connectivity index (χ0v) is 24.4. The van der Waals surface area contributed by atoms with Crippen molar-refractivity contribution in [2.45, 2.75) is 76.9 Å². The van der Waals surface area contributed by atoms with Crippen LogP contribution in [0.5, 0.6) is 5.75 Å². The first-order chi connectivity index (χ1) is 20.0. The summed E-state index contributed by atoms with van der Waals surface area (Å²) in [6.45, 7) is 4.64. The molecule has 3 N–H and O–H groups in total. The highest BCUT2D eigenvalue weighted by molar-refractivity contribution is 6.01. The van der Waals surface area contributed by atoms with Crippen molar-refractivity contribution >= 4 is 17.6 Å². The summed E-state index contributed by atoms with van der Waals surface area (Å²) < 4.78 is 45.5. The summed E-state index contributed by atoms with van der Waals surface area (Å²) in [5.41, 5.74) is 0.679. The van der Waals surface area contributed by atoms with Gasteiger partial charge < -0.3 is 25.4 Å². The summed E-state index contributed by atoms with van der Waals surface area (Å²) >= 11 is 0. The lowest BCUT2D eigenvalue weighted by molar-refractivity contribution is -0.137. The Morgan fingerprint density at radius 3 is 2.48 bits per heavy atom. The third-order valence-corrected chi connectivity index (χ3v) is 8.11. The molecule has 1 aliphatic carbocycles. The molecule has 0 spiro atoms. The number of ether oxygens (including phenoxy) is 1. The maximum absolute atomic E-state index is 13.7. The largest absolute Gasteiger partial charge is 0.486 e. The number of anilines is 1. The monoisotopic (exact) mass is 590 g/mol. The van der Waals surface area contributed by atoms with Gasteiger partial charge in [0.15, 0.2) is 5.75 Å². The molecule has 3 amide bonds. The second kappa shape index (κ2) is 13.8. The second-order valence-electron chi connectivity index (χ2n) is 11.6. The van der Waals surface area contributed by atoms with Crippen LogP contribution in [0.15, 0.2) is 42.5 Å². The average Bonchev–Trinajstić information content (AvgIpc) is 2.95. The normalized spacial score (nSPS) is 20.8. The molecule has 4 rings (SSSR count). The number of aliphatic hydroxyl groups is 1. The molecule has 0 unspecified atom stereocenters. The van der Waals surface area contributed by atoms with Crippen molar-refractivity contribution in [1.82, 2.24) is 15.1 Å². The molecule has 2 aliphatic rings. The minimum atomic E-state index is -4.39. The number of benzene rings is 2. The van der Waals surface area contributed by atoms with Gasteiger partial charge in [0, 0.05) is 31.6 Å². The maximum Gasteiger partial charge on any atom is 0.416 e. The standard InChI is InChI=1S/C31H41F3N4O4/c1-20-16-38(21(2)19-39)29(40)25-10-7-11-26(36-30(41)35-24-8-5-4-6-9-24)28(25)42-27(20)18-37(3)17-22-12-14-23(15-13-22)31(32,33)34/h7,10-15,20-21,24,27,39H,4-6,8-9,16-19H2,1-3H3,(H2,35,36,41)/t20-,21+,27-/m0/s1. The number of nitrogens with zero attached hydrogens (tertiary/aromatic N) is 2. The van der Waals surface area contributed by atoms with E-state index in [0.29, 0.717) is 25.3 Å². The Morgan fingerprint density at radius 1 is 1.14 bits per heavy atom. The minimum absolute atomic E-state index is 0.0966. The van der Waals surface area contributed by atoms with E-state index in [2.05, 4.69) is 10.6 Å². The van der Waals surface area contributed by atoms with Crippen LogP contribution in [0.2, 0.25) is 0 Å². The van der Waals surface area contributed by atoms with Crippen LogP contribution in [-0.2, 0) is 12.7 Å². The number of likely N-dealkylation sites (N-methyl/N-ethyl adjacent to an activating group) is 1.